The molecule has 19 heavy (non-hydrogen) atoms. The summed E-state index contributed by atoms with van der Waals surface area (Å²) in [6, 6.07) is 2.02. The highest BCUT2D eigenvalue weighted by Gasteiger charge is 2.49. The summed E-state index contributed by atoms with van der Waals surface area (Å²) in [6.07, 6.45) is 0.712. The molecule has 0 aromatic carbocycles. The van der Waals surface area contributed by atoms with E-state index in [1.165, 1.54) is 0 Å². The standard InChI is InChI=1S/C16H29NO2/c1-13(2,3)10-16(9,14(4,5)6)12(18)19-15(7,8)11-17/h10H2,1-9H3. The van der Waals surface area contributed by atoms with Crippen LogP contribution >= 0.6 is 0 Å². The van der Waals surface area contributed by atoms with Crippen molar-refractivity contribution in [1.82, 2.24) is 0 Å². The van der Waals surface area contributed by atoms with E-state index in [0.717, 1.165) is 0 Å². The van der Waals surface area contributed by atoms with E-state index in [9.17, 15) is 4.79 Å². The number of esters is 1. The molecule has 0 N–H and O–H groups in total. The van der Waals surface area contributed by atoms with E-state index in [4.69, 9.17) is 10.00 Å². The molecule has 3 nitrogen and oxygen atoms in total. The third kappa shape index (κ3) is 4.86. The predicted molar refractivity (Wildman–Crippen MR) is 77.4 cm³/mol. The van der Waals surface area contributed by atoms with Gasteiger partial charge in [0.05, 0.1) is 5.41 Å². The third-order valence-corrected chi connectivity index (χ3v) is 3.61. The highest BCUT2D eigenvalue weighted by atomic mass is 16.6. The van der Waals surface area contributed by atoms with Gasteiger partial charge in [0.15, 0.2) is 5.60 Å². The highest BCUT2D eigenvalue weighted by molar-refractivity contribution is 5.78. The third-order valence-electron chi connectivity index (χ3n) is 3.61. The fourth-order valence-corrected chi connectivity index (χ4v) is 2.07. The van der Waals surface area contributed by atoms with Crippen LogP contribution in [-0.2, 0) is 9.53 Å². The molecule has 0 fully saturated rings. The normalized spacial score (nSPS) is 16.4. The van der Waals surface area contributed by atoms with Crippen LogP contribution in [0, 0.1) is 27.6 Å². The number of nitrogens with zero attached hydrogens (tertiary/aromatic N) is 1. The van der Waals surface area contributed by atoms with E-state index in [1.54, 1.807) is 13.8 Å². The zero-order chi connectivity index (χ0) is 15.7. The second kappa shape index (κ2) is 5.15. The maximum atomic E-state index is 12.6. The van der Waals surface area contributed by atoms with Crippen LogP contribution in [0.3, 0.4) is 0 Å². The Morgan fingerprint density at radius 2 is 1.42 bits per heavy atom. The largest absolute Gasteiger partial charge is 0.444 e. The quantitative estimate of drug-likeness (QED) is 0.715. The lowest BCUT2D eigenvalue weighted by molar-refractivity contribution is -0.173. The molecule has 110 valence electrons. The minimum absolute atomic E-state index is 0.0117. The minimum atomic E-state index is -1.08. The Morgan fingerprint density at radius 1 is 1.00 bits per heavy atom. The summed E-state index contributed by atoms with van der Waals surface area (Å²) >= 11 is 0. The Morgan fingerprint density at radius 3 is 1.68 bits per heavy atom. The first-order valence-electron chi connectivity index (χ1n) is 6.79. The molecule has 0 saturated carbocycles. The first-order chi connectivity index (χ1) is 8.15. The summed E-state index contributed by atoms with van der Waals surface area (Å²) in [5.74, 6) is -0.290. The zero-order valence-electron chi connectivity index (χ0n) is 14.0. The van der Waals surface area contributed by atoms with Gasteiger partial charge in [-0.1, -0.05) is 41.5 Å². The van der Waals surface area contributed by atoms with E-state index < -0.39 is 11.0 Å². The van der Waals surface area contributed by atoms with Crippen LogP contribution in [0.15, 0.2) is 0 Å². The predicted octanol–water partition coefficient (Wildman–Crippen LogP) is 4.32. The number of rotatable bonds is 3. The molecule has 0 saturated heterocycles. The summed E-state index contributed by atoms with van der Waals surface area (Å²) in [6.45, 7) is 17.6. The van der Waals surface area contributed by atoms with Crippen molar-refractivity contribution in [2.24, 2.45) is 16.2 Å². The lowest BCUT2D eigenvalue weighted by atomic mass is 9.61. The number of ether oxygens (including phenoxy) is 1. The average Bonchev–Trinajstić information content (AvgIpc) is 2.12. The van der Waals surface area contributed by atoms with Gasteiger partial charge in [0.1, 0.15) is 6.07 Å². The minimum Gasteiger partial charge on any atom is -0.444 e. The van der Waals surface area contributed by atoms with E-state index in [-0.39, 0.29) is 16.8 Å². The Hall–Kier alpha value is -1.04. The molecule has 0 amide bonds. The topological polar surface area (TPSA) is 50.1 Å². The van der Waals surface area contributed by atoms with Gasteiger partial charge in [-0.15, -0.1) is 0 Å². The van der Waals surface area contributed by atoms with Gasteiger partial charge >= 0.3 is 5.97 Å². The highest BCUT2D eigenvalue weighted by Crippen LogP contribution is 2.47. The van der Waals surface area contributed by atoms with E-state index >= 15 is 0 Å². The maximum absolute atomic E-state index is 12.6. The molecular weight excluding hydrogens is 238 g/mol. The maximum Gasteiger partial charge on any atom is 0.313 e. The van der Waals surface area contributed by atoms with Gasteiger partial charge in [0.2, 0.25) is 0 Å². The van der Waals surface area contributed by atoms with Crippen molar-refractivity contribution in [2.75, 3.05) is 0 Å². The van der Waals surface area contributed by atoms with E-state index in [1.807, 2.05) is 33.8 Å². The molecule has 0 spiro atoms. The zero-order valence-corrected chi connectivity index (χ0v) is 14.0. The van der Waals surface area contributed by atoms with Crippen molar-refractivity contribution in [3.05, 3.63) is 0 Å². The van der Waals surface area contributed by atoms with Crippen LogP contribution in [-0.4, -0.2) is 11.6 Å². The summed E-state index contributed by atoms with van der Waals surface area (Å²) in [7, 11) is 0. The van der Waals surface area contributed by atoms with Crippen LogP contribution in [0.25, 0.3) is 0 Å². The number of carbonyl (C=O) groups excluding carboxylic acids is 1. The van der Waals surface area contributed by atoms with Crippen molar-refractivity contribution in [2.45, 2.75) is 74.3 Å². The van der Waals surface area contributed by atoms with Crippen molar-refractivity contribution >= 4 is 5.97 Å². The van der Waals surface area contributed by atoms with Crippen LogP contribution < -0.4 is 0 Å². The number of carbonyl (C=O) groups is 1. The molecular formula is C16H29NO2. The van der Waals surface area contributed by atoms with E-state index in [2.05, 4.69) is 20.8 Å². The molecule has 1 atom stereocenters. The fourth-order valence-electron chi connectivity index (χ4n) is 2.07. The van der Waals surface area contributed by atoms with Gasteiger partial charge < -0.3 is 4.74 Å². The van der Waals surface area contributed by atoms with Gasteiger partial charge in [-0.05, 0) is 38.0 Å². The average molecular weight is 267 g/mol. The summed E-state index contributed by atoms with van der Waals surface area (Å²) in [5, 5.41) is 9.02. The Kier molecular flexibility index (Phi) is 4.87. The second-order valence-corrected chi connectivity index (χ2v) is 8.33. The molecule has 3 heteroatoms. The number of nitriles is 1. The molecule has 0 radical (unpaired) electrons. The lowest BCUT2D eigenvalue weighted by Gasteiger charge is -2.44. The molecule has 0 aliphatic carbocycles. The Bertz CT molecular complexity index is 377. The van der Waals surface area contributed by atoms with Crippen LogP contribution in [0.4, 0.5) is 0 Å². The number of hydrogen-bond acceptors (Lipinski definition) is 3. The van der Waals surface area contributed by atoms with Crippen molar-refractivity contribution in [1.29, 1.82) is 5.26 Å². The first kappa shape index (κ1) is 18.0. The van der Waals surface area contributed by atoms with Gasteiger partial charge in [-0.25, -0.2) is 0 Å². The lowest BCUT2D eigenvalue weighted by Crippen LogP contribution is -2.46. The smallest absolute Gasteiger partial charge is 0.313 e. The van der Waals surface area contributed by atoms with Gasteiger partial charge in [-0.2, -0.15) is 5.26 Å². The summed E-state index contributed by atoms with van der Waals surface area (Å²) in [5.41, 5.74) is -1.93. The SMILES string of the molecule is CC(C)(C)CC(C)(C(=O)OC(C)(C)C#N)C(C)(C)C. The first-order valence-corrected chi connectivity index (χ1v) is 6.79. The summed E-state index contributed by atoms with van der Waals surface area (Å²) in [4.78, 5) is 12.6. The van der Waals surface area contributed by atoms with Gasteiger partial charge in [-0.3, -0.25) is 4.79 Å². The molecule has 0 aliphatic rings. The number of hydrogen-bond donors (Lipinski definition) is 0. The molecule has 0 aromatic rings. The van der Waals surface area contributed by atoms with Crippen molar-refractivity contribution in [3.8, 4) is 6.07 Å². The molecule has 0 aromatic heterocycles. The monoisotopic (exact) mass is 267 g/mol. The van der Waals surface area contributed by atoms with Crippen molar-refractivity contribution in [3.63, 3.8) is 0 Å². The van der Waals surface area contributed by atoms with Gasteiger partial charge in [0.25, 0.3) is 0 Å². The second-order valence-electron chi connectivity index (χ2n) is 8.33. The summed E-state index contributed by atoms with van der Waals surface area (Å²) < 4.78 is 5.42. The van der Waals surface area contributed by atoms with Crippen LogP contribution in [0.2, 0.25) is 0 Å². The molecule has 0 rings (SSSR count). The molecule has 0 heterocycles. The Labute approximate surface area is 118 Å². The molecule has 0 aliphatic heterocycles. The van der Waals surface area contributed by atoms with E-state index in [0.29, 0.717) is 6.42 Å². The molecule has 1 unspecified atom stereocenters. The Balaban J connectivity index is 5.42. The fraction of sp³-hybridized carbons (Fsp3) is 0.875. The molecule has 0 bridgehead atoms. The van der Waals surface area contributed by atoms with Crippen LogP contribution in [0.1, 0.15) is 68.7 Å². The van der Waals surface area contributed by atoms with Crippen molar-refractivity contribution < 1.29 is 9.53 Å². The van der Waals surface area contributed by atoms with Gasteiger partial charge in [0, 0.05) is 0 Å². The van der Waals surface area contributed by atoms with Crippen LogP contribution in [0.5, 0.6) is 0 Å².